The molecule has 25 heavy (non-hydrogen) atoms. The van der Waals surface area contributed by atoms with E-state index in [1.807, 2.05) is 24.3 Å². The lowest BCUT2D eigenvalue weighted by atomic mass is 10.1. The van der Waals surface area contributed by atoms with E-state index in [2.05, 4.69) is 4.72 Å². The summed E-state index contributed by atoms with van der Waals surface area (Å²) in [7, 11) is -3.57. The molecule has 7 heteroatoms. The van der Waals surface area contributed by atoms with Gasteiger partial charge in [0.1, 0.15) is 0 Å². The number of carbonyl (C=O) groups is 1. The van der Waals surface area contributed by atoms with Crippen LogP contribution >= 0.6 is 11.6 Å². The van der Waals surface area contributed by atoms with Gasteiger partial charge >= 0.3 is 5.97 Å². The summed E-state index contributed by atoms with van der Waals surface area (Å²) in [6.07, 6.45) is 3.03. The number of rotatable bonds is 9. The summed E-state index contributed by atoms with van der Waals surface area (Å²) in [6, 6.07) is 13.6. The Kier molecular flexibility index (Phi) is 6.84. The van der Waals surface area contributed by atoms with Crippen LogP contribution in [0, 0.1) is 0 Å². The lowest BCUT2D eigenvalue weighted by Gasteiger charge is -2.10. The Labute approximate surface area is 152 Å². The van der Waals surface area contributed by atoms with E-state index >= 15 is 0 Å². The smallest absolute Gasteiger partial charge is 0.337 e. The molecule has 134 valence electrons. The molecule has 0 aliphatic carbocycles. The van der Waals surface area contributed by atoms with Crippen molar-refractivity contribution in [3.8, 4) is 0 Å². The monoisotopic (exact) mass is 381 g/mol. The minimum absolute atomic E-state index is 0.0401. The number of anilines is 1. The van der Waals surface area contributed by atoms with Gasteiger partial charge in [-0.15, -0.1) is 0 Å². The van der Waals surface area contributed by atoms with Crippen molar-refractivity contribution in [1.82, 2.24) is 0 Å². The average molecular weight is 382 g/mol. The number of carboxylic acid groups (broad SMARTS) is 1. The first kappa shape index (κ1) is 19.3. The number of halogens is 1. The summed E-state index contributed by atoms with van der Waals surface area (Å²) in [5, 5.41) is 9.79. The number of hydrogen-bond acceptors (Lipinski definition) is 3. The Balaban J connectivity index is 1.80. The first-order chi connectivity index (χ1) is 11.9. The van der Waals surface area contributed by atoms with Crippen molar-refractivity contribution in [2.24, 2.45) is 0 Å². The highest BCUT2D eigenvalue weighted by Gasteiger charge is 2.15. The number of carboxylic acids is 1. The van der Waals surface area contributed by atoms with E-state index < -0.39 is 16.0 Å². The normalized spacial score (nSPS) is 11.2. The summed E-state index contributed by atoms with van der Waals surface area (Å²) in [5.74, 6) is -1.21. The van der Waals surface area contributed by atoms with Gasteiger partial charge in [-0.3, -0.25) is 4.72 Å². The van der Waals surface area contributed by atoms with Crippen molar-refractivity contribution in [2.75, 3.05) is 10.5 Å². The summed E-state index contributed by atoms with van der Waals surface area (Å²) < 4.78 is 26.6. The molecule has 5 nitrogen and oxygen atoms in total. The minimum Gasteiger partial charge on any atom is -0.478 e. The quantitative estimate of drug-likeness (QED) is 0.638. The SMILES string of the molecule is O=C(O)c1ccccc1NS(=O)(=O)CCCCCc1ccc(Cl)cc1. The molecule has 0 aliphatic heterocycles. The zero-order valence-electron chi connectivity index (χ0n) is 13.6. The molecule has 0 aliphatic rings. The van der Waals surface area contributed by atoms with Gasteiger partial charge in [-0.2, -0.15) is 0 Å². The van der Waals surface area contributed by atoms with Crippen molar-refractivity contribution in [2.45, 2.75) is 25.7 Å². The standard InChI is InChI=1S/C18H20ClNO4S/c19-15-11-9-14(10-12-15)6-2-1-5-13-25(23,24)20-17-8-4-3-7-16(17)18(21)22/h3-4,7-12,20H,1-2,5-6,13H2,(H,21,22). The van der Waals surface area contributed by atoms with Gasteiger partial charge in [0.15, 0.2) is 0 Å². The fourth-order valence-electron chi connectivity index (χ4n) is 2.43. The van der Waals surface area contributed by atoms with E-state index in [0.29, 0.717) is 11.4 Å². The van der Waals surface area contributed by atoms with Crippen molar-refractivity contribution in [1.29, 1.82) is 0 Å². The van der Waals surface area contributed by atoms with Gasteiger partial charge in [0, 0.05) is 5.02 Å². The highest BCUT2D eigenvalue weighted by molar-refractivity contribution is 7.92. The number of nitrogens with one attached hydrogen (secondary N) is 1. The van der Waals surface area contributed by atoms with Crippen LogP contribution in [0.15, 0.2) is 48.5 Å². The van der Waals surface area contributed by atoms with Crippen LogP contribution in [0.4, 0.5) is 5.69 Å². The van der Waals surface area contributed by atoms with Crippen molar-refractivity contribution >= 4 is 33.3 Å². The predicted molar refractivity (Wildman–Crippen MR) is 99.8 cm³/mol. The van der Waals surface area contributed by atoms with Gasteiger partial charge in [-0.1, -0.05) is 42.3 Å². The van der Waals surface area contributed by atoms with Crippen molar-refractivity contribution in [3.63, 3.8) is 0 Å². The van der Waals surface area contributed by atoms with Crippen LogP contribution < -0.4 is 4.72 Å². The molecule has 0 atom stereocenters. The summed E-state index contributed by atoms with van der Waals surface area (Å²) in [4.78, 5) is 11.1. The lowest BCUT2D eigenvalue weighted by molar-refractivity contribution is 0.0698. The maximum atomic E-state index is 12.1. The molecule has 0 spiro atoms. The maximum absolute atomic E-state index is 12.1. The number of para-hydroxylation sites is 1. The van der Waals surface area contributed by atoms with E-state index in [9.17, 15) is 13.2 Å². The molecular formula is C18H20ClNO4S. The molecule has 0 unspecified atom stereocenters. The molecule has 2 aromatic carbocycles. The molecule has 0 saturated carbocycles. The second-order valence-corrected chi connectivity index (χ2v) is 7.99. The Hall–Kier alpha value is -2.05. The summed E-state index contributed by atoms with van der Waals surface area (Å²) in [6.45, 7) is 0. The predicted octanol–water partition coefficient (Wildman–Crippen LogP) is 4.19. The van der Waals surface area contributed by atoms with Crippen LogP contribution in [-0.4, -0.2) is 25.2 Å². The first-order valence-electron chi connectivity index (χ1n) is 7.95. The number of unbranched alkanes of at least 4 members (excludes halogenated alkanes) is 2. The fraction of sp³-hybridized carbons (Fsp3) is 0.278. The van der Waals surface area contributed by atoms with Crippen LogP contribution in [-0.2, 0) is 16.4 Å². The molecule has 0 saturated heterocycles. The van der Waals surface area contributed by atoms with Crippen LogP contribution in [0.1, 0.15) is 35.2 Å². The van der Waals surface area contributed by atoms with E-state index in [1.54, 1.807) is 12.1 Å². The first-order valence-corrected chi connectivity index (χ1v) is 9.98. The summed E-state index contributed by atoms with van der Waals surface area (Å²) >= 11 is 5.83. The number of sulfonamides is 1. The van der Waals surface area contributed by atoms with Crippen LogP contribution in [0.3, 0.4) is 0 Å². The Bertz CT molecular complexity index is 819. The second-order valence-electron chi connectivity index (χ2n) is 5.71. The highest BCUT2D eigenvalue weighted by atomic mass is 35.5. The molecule has 0 bridgehead atoms. The van der Waals surface area contributed by atoms with Crippen LogP contribution in [0.2, 0.25) is 5.02 Å². The number of hydrogen-bond donors (Lipinski definition) is 2. The molecule has 2 rings (SSSR count). The second kappa shape index (κ2) is 8.87. The Morgan fingerprint density at radius 2 is 1.68 bits per heavy atom. The molecule has 0 amide bonds. The van der Waals surface area contributed by atoms with Crippen molar-refractivity contribution < 1.29 is 18.3 Å². The van der Waals surface area contributed by atoms with Gasteiger partial charge in [0.2, 0.25) is 10.0 Å². The molecular weight excluding hydrogens is 362 g/mol. The van der Waals surface area contributed by atoms with E-state index in [-0.39, 0.29) is 17.0 Å². The highest BCUT2D eigenvalue weighted by Crippen LogP contribution is 2.17. The Morgan fingerprint density at radius 1 is 1.00 bits per heavy atom. The largest absolute Gasteiger partial charge is 0.478 e. The van der Waals surface area contributed by atoms with Gasteiger partial charge in [0.25, 0.3) is 0 Å². The zero-order valence-corrected chi connectivity index (χ0v) is 15.2. The molecule has 0 aromatic heterocycles. The third-order valence-corrected chi connectivity index (χ3v) is 5.32. The summed E-state index contributed by atoms with van der Waals surface area (Å²) in [5.41, 5.74) is 1.20. The van der Waals surface area contributed by atoms with Gasteiger partial charge in [-0.25, -0.2) is 13.2 Å². The van der Waals surface area contributed by atoms with Gasteiger partial charge < -0.3 is 5.11 Å². The molecule has 2 aromatic rings. The van der Waals surface area contributed by atoms with E-state index in [4.69, 9.17) is 16.7 Å². The molecule has 2 N–H and O–H groups in total. The fourth-order valence-corrected chi connectivity index (χ4v) is 3.75. The van der Waals surface area contributed by atoms with Crippen molar-refractivity contribution in [3.05, 3.63) is 64.7 Å². The maximum Gasteiger partial charge on any atom is 0.337 e. The van der Waals surface area contributed by atoms with E-state index in [0.717, 1.165) is 19.3 Å². The van der Waals surface area contributed by atoms with E-state index in [1.165, 1.54) is 17.7 Å². The average Bonchev–Trinajstić information content (AvgIpc) is 2.56. The number of aryl methyl sites for hydroxylation is 1. The molecule has 0 radical (unpaired) electrons. The molecule has 0 fully saturated rings. The van der Waals surface area contributed by atoms with Crippen LogP contribution in [0.5, 0.6) is 0 Å². The van der Waals surface area contributed by atoms with Gasteiger partial charge in [-0.05, 0) is 49.1 Å². The third-order valence-electron chi connectivity index (χ3n) is 3.71. The third kappa shape index (κ3) is 6.40. The number of aromatic carboxylic acids is 1. The topological polar surface area (TPSA) is 83.5 Å². The zero-order chi connectivity index (χ0) is 18.3. The van der Waals surface area contributed by atoms with Gasteiger partial charge in [0.05, 0.1) is 17.0 Å². The minimum atomic E-state index is -3.57. The molecule has 0 heterocycles. The number of benzene rings is 2. The Morgan fingerprint density at radius 3 is 2.36 bits per heavy atom. The lowest BCUT2D eigenvalue weighted by Crippen LogP contribution is -2.18. The van der Waals surface area contributed by atoms with Crippen LogP contribution in [0.25, 0.3) is 0 Å².